The van der Waals surface area contributed by atoms with E-state index in [1.807, 2.05) is 12.1 Å². The van der Waals surface area contributed by atoms with Gasteiger partial charge in [-0.15, -0.1) is 0 Å². The van der Waals surface area contributed by atoms with E-state index in [1.165, 1.54) is 0 Å². The molecule has 0 spiro atoms. The summed E-state index contributed by atoms with van der Waals surface area (Å²) in [6.07, 6.45) is -2.38. The second-order valence-corrected chi connectivity index (χ2v) is 11.0. The third kappa shape index (κ3) is 8.36. The number of halogens is 4. The minimum absolute atomic E-state index is 0.0492. The molecule has 2 aromatic rings. The van der Waals surface area contributed by atoms with Crippen LogP contribution in [0.25, 0.3) is 0 Å². The van der Waals surface area contributed by atoms with Gasteiger partial charge in [0.1, 0.15) is 19.0 Å². The van der Waals surface area contributed by atoms with Crippen molar-refractivity contribution in [3.05, 3.63) is 53.3 Å². The van der Waals surface area contributed by atoms with Crippen LogP contribution in [0.15, 0.2) is 42.2 Å². The van der Waals surface area contributed by atoms with E-state index >= 15 is 0 Å². The van der Waals surface area contributed by atoms with Crippen LogP contribution in [0.5, 0.6) is 11.5 Å². The quantitative estimate of drug-likeness (QED) is 0.127. The fourth-order valence-corrected chi connectivity index (χ4v) is 6.48. The highest BCUT2D eigenvalue weighted by molar-refractivity contribution is 9.14. The molecule has 4 N–H and O–H groups in total. The summed E-state index contributed by atoms with van der Waals surface area (Å²) >= 11 is 14.5. The van der Waals surface area contributed by atoms with Gasteiger partial charge in [0.2, 0.25) is 12.6 Å². The number of benzene rings is 2. The second kappa shape index (κ2) is 14.6. The van der Waals surface area contributed by atoms with Crippen molar-refractivity contribution in [3.63, 3.8) is 0 Å². The first-order valence-corrected chi connectivity index (χ1v) is 13.7. The lowest BCUT2D eigenvalue weighted by Gasteiger charge is -2.31. The van der Waals surface area contributed by atoms with E-state index < -0.39 is 18.0 Å². The van der Waals surface area contributed by atoms with Crippen LogP contribution < -0.4 is 9.47 Å². The van der Waals surface area contributed by atoms with Gasteiger partial charge in [0.25, 0.3) is 0 Å². The van der Waals surface area contributed by atoms with Crippen LogP contribution in [0, 0.1) is 0 Å². The van der Waals surface area contributed by atoms with Gasteiger partial charge in [-0.2, -0.15) is 0 Å². The van der Waals surface area contributed by atoms with Crippen LogP contribution in [-0.2, 0) is 14.9 Å². The SMILES string of the molecule is CC(C)(c1ccc(OC(O)COCCO)cc1)c1c(Br)c(Br)c(OC(O)COCCO)c(Br)c1Br. The van der Waals surface area contributed by atoms with E-state index in [-0.39, 0.29) is 39.6 Å². The zero-order valence-corrected chi connectivity index (χ0v) is 25.5. The maximum atomic E-state index is 10.2. The summed E-state index contributed by atoms with van der Waals surface area (Å²) in [4.78, 5) is 0. The van der Waals surface area contributed by atoms with Gasteiger partial charge in [0.15, 0.2) is 5.75 Å². The molecule has 196 valence electrons. The van der Waals surface area contributed by atoms with Crippen LogP contribution in [0.2, 0.25) is 0 Å². The molecular formula is C23H28Br4O8. The highest BCUT2D eigenvalue weighted by atomic mass is 79.9. The molecule has 0 aliphatic rings. The lowest BCUT2D eigenvalue weighted by Crippen LogP contribution is -2.25. The average Bonchev–Trinajstić information content (AvgIpc) is 2.81. The fraction of sp³-hybridized carbons (Fsp3) is 0.478. The van der Waals surface area contributed by atoms with Gasteiger partial charge < -0.3 is 39.4 Å². The van der Waals surface area contributed by atoms with Gasteiger partial charge in [0.05, 0.1) is 35.4 Å². The van der Waals surface area contributed by atoms with Crippen molar-refractivity contribution < 1.29 is 39.4 Å². The molecular weight excluding hydrogens is 724 g/mol. The summed E-state index contributed by atoms with van der Waals surface area (Å²) in [6, 6.07) is 7.34. The Bertz CT molecular complexity index is 927. The topological polar surface area (TPSA) is 118 Å². The summed E-state index contributed by atoms with van der Waals surface area (Å²) in [5.41, 5.74) is 1.40. The molecule has 0 aliphatic heterocycles. The predicted molar refractivity (Wildman–Crippen MR) is 145 cm³/mol. The summed E-state index contributed by atoms with van der Waals surface area (Å²) in [7, 11) is 0. The number of ether oxygens (including phenoxy) is 4. The maximum Gasteiger partial charge on any atom is 0.221 e. The number of hydrogen-bond donors (Lipinski definition) is 4. The molecule has 0 radical (unpaired) electrons. The highest BCUT2D eigenvalue weighted by Crippen LogP contribution is 2.51. The van der Waals surface area contributed by atoms with Crippen LogP contribution in [0.4, 0.5) is 0 Å². The molecule has 0 saturated carbocycles. The molecule has 0 heterocycles. The summed E-state index contributed by atoms with van der Waals surface area (Å²) in [5.74, 6) is 0.857. The normalized spacial score (nSPS) is 13.5. The van der Waals surface area contributed by atoms with Crippen molar-refractivity contribution in [1.82, 2.24) is 0 Å². The lowest BCUT2D eigenvalue weighted by molar-refractivity contribution is -0.0817. The number of rotatable bonds is 14. The minimum atomic E-state index is -1.23. The fourth-order valence-electron chi connectivity index (χ4n) is 3.22. The van der Waals surface area contributed by atoms with Crippen LogP contribution >= 0.6 is 63.7 Å². The average molecular weight is 752 g/mol. The van der Waals surface area contributed by atoms with Gasteiger partial charge in [-0.25, -0.2) is 0 Å². The Morgan fingerprint density at radius 1 is 0.743 bits per heavy atom. The molecule has 0 aliphatic carbocycles. The van der Waals surface area contributed by atoms with Crippen molar-refractivity contribution in [2.24, 2.45) is 0 Å². The molecule has 2 unspecified atom stereocenters. The Hall–Kier alpha value is -0.280. The molecule has 8 nitrogen and oxygen atoms in total. The molecule has 0 bridgehead atoms. The Balaban J connectivity index is 2.27. The van der Waals surface area contributed by atoms with Gasteiger partial charge in [-0.1, -0.05) is 26.0 Å². The maximum absolute atomic E-state index is 10.2. The smallest absolute Gasteiger partial charge is 0.221 e. The number of hydrogen-bond acceptors (Lipinski definition) is 8. The molecule has 0 saturated heterocycles. The minimum Gasteiger partial charge on any atom is -0.463 e. The summed E-state index contributed by atoms with van der Waals surface area (Å²) < 4.78 is 24.0. The number of aliphatic hydroxyl groups is 4. The zero-order valence-electron chi connectivity index (χ0n) is 19.1. The van der Waals surface area contributed by atoms with Crippen molar-refractivity contribution >= 4 is 63.7 Å². The molecule has 35 heavy (non-hydrogen) atoms. The van der Waals surface area contributed by atoms with E-state index in [9.17, 15) is 10.2 Å². The van der Waals surface area contributed by atoms with Crippen molar-refractivity contribution in [3.8, 4) is 11.5 Å². The van der Waals surface area contributed by atoms with E-state index in [1.54, 1.807) is 12.1 Å². The Kier molecular flexibility index (Phi) is 12.9. The van der Waals surface area contributed by atoms with E-state index in [0.29, 0.717) is 20.4 Å². The summed E-state index contributed by atoms with van der Waals surface area (Å²) in [5, 5.41) is 37.6. The van der Waals surface area contributed by atoms with Crippen molar-refractivity contribution in [1.29, 1.82) is 0 Å². The second-order valence-electron chi connectivity index (χ2n) is 7.85. The standard InChI is InChI=1S/C23H28Br4O8/c1-23(2,13-3-5-14(6-4-13)34-15(30)11-32-9-7-28)17-18(24)20(26)22(21(27)19(17)25)35-16(31)12-33-10-8-29/h3-6,15-16,28-31H,7-12H2,1-2H3. The van der Waals surface area contributed by atoms with Crippen molar-refractivity contribution in [2.45, 2.75) is 31.8 Å². The lowest BCUT2D eigenvalue weighted by atomic mass is 9.78. The Labute approximate surface area is 238 Å². The van der Waals surface area contributed by atoms with E-state index in [2.05, 4.69) is 77.6 Å². The summed E-state index contributed by atoms with van der Waals surface area (Å²) in [6.45, 7) is 3.93. The van der Waals surface area contributed by atoms with Gasteiger partial charge >= 0.3 is 0 Å². The molecule has 0 aromatic heterocycles. The third-order valence-corrected chi connectivity index (χ3v) is 9.11. The van der Waals surface area contributed by atoms with E-state index in [4.69, 9.17) is 29.2 Å². The zero-order chi connectivity index (χ0) is 26.2. The molecule has 2 atom stereocenters. The first-order valence-electron chi connectivity index (χ1n) is 10.6. The van der Waals surface area contributed by atoms with Gasteiger partial charge in [-0.3, -0.25) is 0 Å². The van der Waals surface area contributed by atoms with Crippen LogP contribution in [0.1, 0.15) is 25.0 Å². The van der Waals surface area contributed by atoms with Gasteiger partial charge in [-0.05, 0) is 87.0 Å². The van der Waals surface area contributed by atoms with Crippen LogP contribution in [-0.4, -0.2) is 72.6 Å². The first kappa shape index (κ1) is 30.9. The number of aliphatic hydroxyl groups excluding tert-OH is 4. The Morgan fingerprint density at radius 3 is 1.66 bits per heavy atom. The predicted octanol–water partition coefficient (Wildman–Crippen LogP) is 4.47. The molecule has 2 rings (SSSR count). The highest BCUT2D eigenvalue weighted by Gasteiger charge is 2.33. The molecule has 12 heteroatoms. The molecule has 0 fully saturated rings. The largest absolute Gasteiger partial charge is 0.463 e. The van der Waals surface area contributed by atoms with Gasteiger partial charge in [0, 0.05) is 14.4 Å². The molecule has 0 amide bonds. The Morgan fingerprint density at radius 2 is 1.20 bits per heavy atom. The van der Waals surface area contributed by atoms with E-state index in [0.717, 1.165) is 20.1 Å². The first-order chi connectivity index (χ1) is 16.5. The van der Waals surface area contributed by atoms with Crippen molar-refractivity contribution in [2.75, 3.05) is 39.6 Å². The third-order valence-electron chi connectivity index (χ3n) is 4.94. The van der Waals surface area contributed by atoms with Crippen LogP contribution in [0.3, 0.4) is 0 Å². The monoisotopic (exact) mass is 748 g/mol. The molecule has 2 aromatic carbocycles.